The second-order valence-corrected chi connectivity index (χ2v) is 2.23. The second-order valence-electron chi connectivity index (χ2n) is 1.74. The van der Waals surface area contributed by atoms with E-state index in [1.807, 2.05) is 0 Å². The van der Waals surface area contributed by atoms with Crippen LogP contribution < -0.4 is 5.73 Å². The third-order valence-electron chi connectivity index (χ3n) is 0.894. The zero-order chi connectivity index (χ0) is 8.85. The van der Waals surface area contributed by atoms with Gasteiger partial charge in [-0.15, -0.1) is 0 Å². The zero-order valence-corrected chi connectivity index (χ0v) is 6.52. The molecule has 0 aromatic carbocycles. The molecule has 0 heterocycles. The van der Waals surface area contributed by atoms with Gasteiger partial charge in [0, 0.05) is 6.54 Å². The van der Waals surface area contributed by atoms with Crippen molar-refractivity contribution in [3.05, 3.63) is 12.2 Å². The van der Waals surface area contributed by atoms with Gasteiger partial charge in [0.15, 0.2) is 0 Å². The van der Waals surface area contributed by atoms with Crippen molar-refractivity contribution in [1.82, 2.24) is 4.31 Å². The fraction of sp³-hybridized carbons (Fsp3) is 0.400. The van der Waals surface area contributed by atoms with Crippen molar-refractivity contribution in [3.63, 3.8) is 0 Å². The van der Waals surface area contributed by atoms with E-state index in [4.69, 9.17) is 5.73 Å². The quantitative estimate of drug-likeness (QED) is 0.636. The highest BCUT2D eigenvalue weighted by atomic mass is 32.1. The summed E-state index contributed by atoms with van der Waals surface area (Å²) >= 11 is 3.61. The number of rotatable bonds is 3. The van der Waals surface area contributed by atoms with Crippen LogP contribution in [0.25, 0.3) is 0 Å². The molecule has 0 aliphatic carbocycles. The number of urea groups is 1. The first-order valence-electron chi connectivity index (χ1n) is 2.81. The number of hydrogen-bond acceptors (Lipinski definition) is 2. The van der Waals surface area contributed by atoms with Gasteiger partial charge < -0.3 is 5.73 Å². The normalized spacial score (nSPS) is 9.00. The first kappa shape index (κ1) is 10.2. The summed E-state index contributed by atoms with van der Waals surface area (Å²) in [7, 11) is 0. The summed E-state index contributed by atoms with van der Waals surface area (Å²) in [6, 6.07) is -0.749. The SMILES string of the molecule is NC(=O)N(S)CCC=C(F)F. The standard InChI is InChI=1S/C5H8F2N2OS/c6-4(7)2-1-3-9(11)5(8)10/h2,11H,1,3H2,(H2,8,10). The second kappa shape index (κ2) is 4.95. The predicted octanol–water partition coefficient (Wildman–Crippen LogP) is 1.38. The Bertz CT molecular complexity index is 170. The molecule has 0 atom stereocenters. The number of carbonyl (C=O) groups is 1. The maximum absolute atomic E-state index is 11.4. The maximum atomic E-state index is 11.4. The van der Waals surface area contributed by atoms with Crippen molar-refractivity contribution in [2.45, 2.75) is 6.42 Å². The molecule has 0 radical (unpaired) electrons. The Balaban J connectivity index is 3.55. The number of primary amides is 1. The molecular weight excluding hydrogens is 174 g/mol. The summed E-state index contributed by atoms with van der Waals surface area (Å²) in [6.45, 7) is 0.0792. The fourth-order valence-corrected chi connectivity index (χ4v) is 0.522. The number of nitrogens with zero attached hydrogens (tertiary/aromatic N) is 1. The highest BCUT2D eigenvalue weighted by molar-refractivity contribution is 7.78. The molecule has 0 aromatic heterocycles. The summed E-state index contributed by atoms with van der Waals surface area (Å²) in [6.07, 6.45) is -1.02. The van der Waals surface area contributed by atoms with Crippen LogP contribution in [0.5, 0.6) is 0 Å². The lowest BCUT2D eigenvalue weighted by Crippen LogP contribution is -2.28. The molecule has 0 saturated carbocycles. The van der Waals surface area contributed by atoms with Gasteiger partial charge >= 0.3 is 6.03 Å². The average Bonchev–Trinajstić information content (AvgIpc) is 1.86. The number of amides is 2. The Morgan fingerprint density at radius 2 is 2.18 bits per heavy atom. The molecule has 6 heteroatoms. The molecule has 2 N–H and O–H groups in total. The Kier molecular flexibility index (Phi) is 4.60. The van der Waals surface area contributed by atoms with Crippen molar-refractivity contribution >= 4 is 18.8 Å². The molecule has 0 saturated heterocycles. The van der Waals surface area contributed by atoms with E-state index in [9.17, 15) is 13.6 Å². The fourth-order valence-electron chi connectivity index (χ4n) is 0.406. The third-order valence-corrected chi connectivity index (χ3v) is 1.29. The molecule has 0 spiro atoms. The Morgan fingerprint density at radius 1 is 1.64 bits per heavy atom. The van der Waals surface area contributed by atoms with Crippen LogP contribution >= 0.6 is 12.8 Å². The van der Waals surface area contributed by atoms with Crippen LogP contribution in [0.15, 0.2) is 12.2 Å². The number of nitrogens with two attached hydrogens (primary N) is 1. The minimum Gasteiger partial charge on any atom is -0.351 e. The molecular formula is C5H8F2N2OS. The van der Waals surface area contributed by atoms with Gasteiger partial charge in [-0.1, -0.05) is 12.8 Å². The molecule has 0 aliphatic rings. The monoisotopic (exact) mass is 182 g/mol. The van der Waals surface area contributed by atoms with E-state index in [1.54, 1.807) is 0 Å². The van der Waals surface area contributed by atoms with Gasteiger partial charge in [-0.05, 0) is 12.5 Å². The van der Waals surface area contributed by atoms with Crippen molar-refractivity contribution in [1.29, 1.82) is 0 Å². The molecule has 64 valence electrons. The minimum atomic E-state index is -1.77. The van der Waals surface area contributed by atoms with Gasteiger partial charge in [0.05, 0.1) is 0 Å². The third kappa shape index (κ3) is 5.65. The van der Waals surface area contributed by atoms with Gasteiger partial charge in [-0.3, -0.25) is 4.31 Å². The first-order valence-corrected chi connectivity index (χ1v) is 3.21. The molecule has 0 bridgehead atoms. The number of hydrogen-bond donors (Lipinski definition) is 2. The summed E-state index contributed by atoms with van der Waals surface area (Å²) in [5, 5.41) is 0. The summed E-state index contributed by atoms with van der Waals surface area (Å²) in [5.74, 6) is 0. The molecule has 2 amide bonds. The number of thiol groups is 1. The highest BCUT2D eigenvalue weighted by Gasteiger charge is 2.01. The van der Waals surface area contributed by atoms with Gasteiger partial charge in [0.2, 0.25) is 0 Å². The highest BCUT2D eigenvalue weighted by Crippen LogP contribution is 2.01. The number of carbonyl (C=O) groups excluding carboxylic acids is 1. The first-order chi connectivity index (χ1) is 5.04. The topological polar surface area (TPSA) is 46.3 Å². The van der Waals surface area contributed by atoms with Crippen molar-refractivity contribution in [2.75, 3.05) is 6.54 Å². The van der Waals surface area contributed by atoms with E-state index in [1.165, 1.54) is 0 Å². The Hall–Kier alpha value is -0.780. The lowest BCUT2D eigenvalue weighted by molar-refractivity contribution is 0.235. The largest absolute Gasteiger partial charge is 0.351 e. The Labute approximate surface area is 68.4 Å². The van der Waals surface area contributed by atoms with Gasteiger partial charge in [-0.25, -0.2) is 4.79 Å². The summed E-state index contributed by atoms with van der Waals surface area (Å²) in [5.41, 5.74) is 4.76. The van der Waals surface area contributed by atoms with Crippen LogP contribution in [0.1, 0.15) is 6.42 Å². The maximum Gasteiger partial charge on any atom is 0.324 e. The van der Waals surface area contributed by atoms with Crippen LogP contribution in [0, 0.1) is 0 Å². The molecule has 3 nitrogen and oxygen atoms in total. The van der Waals surface area contributed by atoms with Crippen LogP contribution in [-0.2, 0) is 0 Å². The molecule has 0 unspecified atom stereocenters. The molecule has 11 heavy (non-hydrogen) atoms. The molecule has 0 rings (SSSR count). The lowest BCUT2D eigenvalue weighted by Gasteiger charge is -2.09. The molecule has 0 aromatic rings. The van der Waals surface area contributed by atoms with Gasteiger partial charge in [0.1, 0.15) is 0 Å². The number of halogens is 2. The lowest BCUT2D eigenvalue weighted by atomic mass is 10.4. The summed E-state index contributed by atoms with van der Waals surface area (Å²) < 4.78 is 23.6. The summed E-state index contributed by atoms with van der Waals surface area (Å²) in [4.78, 5) is 10.2. The van der Waals surface area contributed by atoms with Crippen molar-refractivity contribution in [3.8, 4) is 0 Å². The van der Waals surface area contributed by atoms with E-state index in [2.05, 4.69) is 12.8 Å². The zero-order valence-electron chi connectivity index (χ0n) is 5.63. The van der Waals surface area contributed by atoms with Crippen molar-refractivity contribution < 1.29 is 13.6 Å². The van der Waals surface area contributed by atoms with E-state index in [-0.39, 0.29) is 13.0 Å². The smallest absolute Gasteiger partial charge is 0.324 e. The van der Waals surface area contributed by atoms with E-state index >= 15 is 0 Å². The molecule has 0 fully saturated rings. The van der Waals surface area contributed by atoms with E-state index < -0.39 is 12.1 Å². The van der Waals surface area contributed by atoms with Crippen LogP contribution in [-0.4, -0.2) is 16.9 Å². The predicted molar refractivity (Wildman–Crippen MR) is 40.2 cm³/mol. The van der Waals surface area contributed by atoms with E-state index in [0.29, 0.717) is 6.08 Å². The van der Waals surface area contributed by atoms with Gasteiger partial charge in [-0.2, -0.15) is 8.78 Å². The van der Waals surface area contributed by atoms with Crippen molar-refractivity contribution in [2.24, 2.45) is 5.73 Å². The average molecular weight is 182 g/mol. The van der Waals surface area contributed by atoms with Crippen LogP contribution in [0.2, 0.25) is 0 Å². The minimum absolute atomic E-state index is 0.0504. The van der Waals surface area contributed by atoms with E-state index in [0.717, 1.165) is 4.31 Å². The van der Waals surface area contributed by atoms with Gasteiger partial charge in [0.25, 0.3) is 6.08 Å². The van der Waals surface area contributed by atoms with Crippen LogP contribution in [0.3, 0.4) is 0 Å². The van der Waals surface area contributed by atoms with Crippen LogP contribution in [0.4, 0.5) is 13.6 Å². The Morgan fingerprint density at radius 3 is 2.55 bits per heavy atom. The molecule has 0 aliphatic heterocycles.